The van der Waals surface area contributed by atoms with Crippen LogP contribution >= 0.6 is 0 Å². The van der Waals surface area contributed by atoms with Gasteiger partial charge in [-0.2, -0.15) is 0 Å². The first-order valence-corrected chi connectivity index (χ1v) is 9.61. The number of ether oxygens (including phenoxy) is 2. The molecule has 1 atom stereocenters. The molecule has 2 amide bonds. The predicted molar refractivity (Wildman–Crippen MR) is 109 cm³/mol. The summed E-state index contributed by atoms with van der Waals surface area (Å²) >= 11 is 0. The van der Waals surface area contributed by atoms with Crippen LogP contribution < -0.4 is 15.0 Å². The van der Waals surface area contributed by atoms with E-state index in [4.69, 9.17) is 9.47 Å². The highest BCUT2D eigenvalue weighted by Gasteiger charge is 2.50. The van der Waals surface area contributed by atoms with E-state index in [2.05, 4.69) is 5.32 Å². The molecule has 0 fully saturated rings. The van der Waals surface area contributed by atoms with Crippen LogP contribution in [-0.4, -0.2) is 44.0 Å². The zero-order chi connectivity index (χ0) is 20.9. The lowest BCUT2D eigenvalue weighted by molar-refractivity contribution is -0.123. The van der Waals surface area contributed by atoms with E-state index in [9.17, 15) is 14.7 Å². The van der Waals surface area contributed by atoms with Crippen molar-refractivity contribution in [1.82, 2.24) is 5.32 Å². The van der Waals surface area contributed by atoms with Crippen LogP contribution in [0.15, 0.2) is 48.5 Å². The molecule has 1 heterocycles. The molecule has 29 heavy (non-hydrogen) atoms. The van der Waals surface area contributed by atoms with Gasteiger partial charge in [-0.1, -0.05) is 30.3 Å². The number of carbonyl (C=O) groups is 2. The smallest absolute Gasteiger partial charge is 0.407 e. The van der Waals surface area contributed by atoms with Crippen LogP contribution in [0, 0.1) is 0 Å². The highest BCUT2D eigenvalue weighted by atomic mass is 16.5. The van der Waals surface area contributed by atoms with E-state index in [-0.39, 0.29) is 32.1 Å². The van der Waals surface area contributed by atoms with Crippen molar-refractivity contribution >= 4 is 17.7 Å². The molecule has 0 aromatic heterocycles. The summed E-state index contributed by atoms with van der Waals surface area (Å²) in [6.07, 6.45) is -0.424. The van der Waals surface area contributed by atoms with E-state index in [0.717, 1.165) is 16.8 Å². The van der Waals surface area contributed by atoms with E-state index in [0.29, 0.717) is 12.3 Å². The number of carbonyl (C=O) groups excluding carboxylic acids is 2. The molecule has 0 aliphatic carbocycles. The maximum Gasteiger partial charge on any atom is 0.407 e. The molecule has 1 aliphatic heterocycles. The molecule has 1 aliphatic rings. The van der Waals surface area contributed by atoms with Crippen LogP contribution in [0.4, 0.5) is 10.5 Å². The second-order valence-corrected chi connectivity index (χ2v) is 6.89. The Morgan fingerprint density at radius 3 is 2.62 bits per heavy atom. The number of amides is 2. The number of hydrogen-bond acceptors (Lipinski definition) is 5. The molecule has 0 saturated carbocycles. The molecule has 2 aromatic rings. The highest BCUT2D eigenvalue weighted by Crippen LogP contribution is 2.46. The maximum atomic E-state index is 13.6. The van der Waals surface area contributed by atoms with Crippen molar-refractivity contribution in [2.24, 2.45) is 0 Å². The third kappa shape index (κ3) is 4.05. The van der Waals surface area contributed by atoms with Crippen LogP contribution in [0.3, 0.4) is 0 Å². The number of nitrogens with one attached hydrogen (secondary N) is 1. The molecule has 2 aromatic carbocycles. The van der Waals surface area contributed by atoms with Gasteiger partial charge in [-0.25, -0.2) is 4.79 Å². The summed E-state index contributed by atoms with van der Waals surface area (Å²) in [7, 11) is 1.56. The molecule has 3 rings (SSSR count). The number of anilines is 1. The average molecular weight is 398 g/mol. The van der Waals surface area contributed by atoms with E-state index >= 15 is 0 Å². The molecule has 154 valence electrons. The van der Waals surface area contributed by atoms with E-state index in [1.165, 1.54) is 0 Å². The maximum absolute atomic E-state index is 13.6. The summed E-state index contributed by atoms with van der Waals surface area (Å²) in [4.78, 5) is 27.2. The van der Waals surface area contributed by atoms with Crippen molar-refractivity contribution in [2.45, 2.75) is 25.3 Å². The minimum Gasteiger partial charge on any atom is -0.497 e. The minimum atomic E-state index is -1.10. The van der Waals surface area contributed by atoms with Crippen LogP contribution in [0.2, 0.25) is 0 Å². The number of aliphatic hydroxyl groups is 1. The van der Waals surface area contributed by atoms with Gasteiger partial charge in [-0.05, 0) is 42.7 Å². The van der Waals surface area contributed by atoms with Crippen molar-refractivity contribution in [2.75, 3.05) is 31.8 Å². The molecule has 0 bridgehead atoms. The Labute approximate surface area is 170 Å². The fraction of sp³-hybridized carbons (Fsp3) is 0.364. The number of rotatable bonds is 8. The normalized spacial score (nSPS) is 17.8. The molecule has 7 heteroatoms. The van der Waals surface area contributed by atoms with Crippen molar-refractivity contribution < 1.29 is 24.2 Å². The number of aliphatic hydroxyl groups excluding tert-OH is 1. The lowest BCUT2D eigenvalue weighted by Gasteiger charge is -2.28. The lowest BCUT2D eigenvalue weighted by atomic mass is 9.78. The summed E-state index contributed by atoms with van der Waals surface area (Å²) in [5, 5.41) is 12.4. The largest absolute Gasteiger partial charge is 0.497 e. The first-order valence-electron chi connectivity index (χ1n) is 9.61. The lowest BCUT2D eigenvalue weighted by Crippen LogP contribution is -2.48. The Morgan fingerprint density at radius 1 is 1.21 bits per heavy atom. The highest BCUT2D eigenvalue weighted by molar-refractivity contribution is 6.08. The molecule has 2 N–H and O–H groups in total. The summed E-state index contributed by atoms with van der Waals surface area (Å²) in [6, 6.07) is 15.1. The topological polar surface area (TPSA) is 88.1 Å². The Balaban J connectivity index is 2.02. The van der Waals surface area contributed by atoms with Crippen molar-refractivity contribution in [1.29, 1.82) is 0 Å². The summed E-state index contributed by atoms with van der Waals surface area (Å²) < 4.78 is 10.3. The van der Waals surface area contributed by atoms with Crippen LogP contribution in [0.5, 0.6) is 5.75 Å². The Morgan fingerprint density at radius 2 is 1.97 bits per heavy atom. The number of alkyl carbamates (subject to hydrolysis) is 1. The van der Waals surface area contributed by atoms with E-state index < -0.39 is 11.5 Å². The van der Waals surface area contributed by atoms with Gasteiger partial charge in [0, 0.05) is 18.8 Å². The Bertz CT molecular complexity index is 871. The quantitative estimate of drug-likeness (QED) is 0.714. The minimum absolute atomic E-state index is 0.0245. The molecule has 0 spiro atoms. The third-order valence-corrected chi connectivity index (χ3v) is 5.20. The summed E-state index contributed by atoms with van der Waals surface area (Å²) in [5.41, 5.74) is 1.36. The van der Waals surface area contributed by atoms with Gasteiger partial charge < -0.3 is 24.8 Å². The first-order chi connectivity index (χ1) is 14.1. The molecular weight excluding hydrogens is 372 g/mol. The second kappa shape index (κ2) is 8.96. The number of nitrogens with zero attached hydrogens (tertiary/aromatic N) is 1. The van der Waals surface area contributed by atoms with E-state index in [1.807, 2.05) is 36.4 Å². The molecule has 0 radical (unpaired) electrons. The van der Waals surface area contributed by atoms with Crippen molar-refractivity contribution in [3.8, 4) is 5.75 Å². The number of fused-ring (bicyclic) bond motifs is 1. The molecule has 0 unspecified atom stereocenters. The number of methoxy groups -OCH3 is 1. The number of benzene rings is 2. The fourth-order valence-corrected chi connectivity index (χ4v) is 3.76. The van der Waals surface area contributed by atoms with Crippen LogP contribution in [0.1, 0.15) is 24.5 Å². The summed E-state index contributed by atoms with van der Waals surface area (Å²) in [6.45, 7) is 2.16. The van der Waals surface area contributed by atoms with Crippen LogP contribution in [0.25, 0.3) is 0 Å². The average Bonchev–Trinajstić information content (AvgIpc) is 2.96. The summed E-state index contributed by atoms with van der Waals surface area (Å²) in [5.74, 6) is 0.437. The van der Waals surface area contributed by atoms with Gasteiger partial charge in [0.05, 0.1) is 25.7 Å². The predicted octanol–water partition coefficient (Wildman–Crippen LogP) is 2.61. The fourth-order valence-electron chi connectivity index (χ4n) is 3.76. The standard InChI is InChI=1S/C22H26N2O5/c1-3-29-21(27)23-15-22(11-12-25)18-13-17(28-2)9-10-19(18)24(20(22)26)14-16-7-5-4-6-8-16/h4-10,13,25H,3,11-12,14-15H2,1-2H3,(H,23,27)/t22-/m0/s1. The Hall–Kier alpha value is -3.06. The van der Waals surface area contributed by atoms with Gasteiger partial charge in [0.25, 0.3) is 0 Å². The van der Waals surface area contributed by atoms with Gasteiger partial charge in [-0.15, -0.1) is 0 Å². The van der Waals surface area contributed by atoms with Crippen LogP contribution in [-0.2, 0) is 21.5 Å². The molecule has 7 nitrogen and oxygen atoms in total. The van der Waals surface area contributed by atoms with Gasteiger partial charge in [0.2, 0.25) is 5.91 Å². The van der Waals surface area contributed by atoms with Gasteiger partial charge in [-0.3, -0.25) is 4.79 Å². The van der Waals surface area contributed by atoms with Gasteiger partial charge in [0.1, 0.15) is 5.75 Å². The Kier molecular flexibility index (Phi) is 6.39. The molecular formula is C22H26N2O5. The SMILES string of the molecule is CCOC(=O)NC[C@]1(CCO)C(=O)N(Cc2ccccc2)c2ccc(OC)cc21. The van der Waals surface area contributed by atoms with Crippen molar-refractivity contribution in [3.63, 3.8) is 0 Å². The monoisotopic (exact) mass is 398 g/mol. The van der Waals surface area contributed by atoms with Crippen molar-refractivity contribution in [3.05, 3.63) is 59.7 Å². The zero-order valence-electron chi connectivity index (χ0n) is 16.7. The third-order valence-electron chi connectivity index (χ3n) is 5.20. The zero-order valence-corrected chi connectivity index (χ0v) is 16.7. The van der Waals surface area contributed by atoms with E-state index in [1.54, 1.807) is 31.1 Å². The number of hydrogen-bond donors (Lipinski definition) is 2. The molecule has 0 saturated heterocycles. The van der Waals surface area contributed by atoms with Gasteiger partial charge in [0.15, 0.2) is 0 Å². The first kappa shape index (κ1) is 20.7. The van der Waals surface area contributed by atoms with Gasteiger partial charge >= 0.3 is 6.09 Å². The second-order valence-electron chi connectivity index (χ2n) is 6.89.